The molecular formula is C21H21ClN4O. The molecule has 4 rings (SSSR count). The van der Waals surface area contributed by atoms with Crippen molar-refractivity contribution in [2.75, 3.05) is 13.1 Å². The summed E-state index contributed by atoms with van der Waals surface area (Å²) < 4.78 is 1.58. The van der Waals surface area contributed by atoms with E-state index in [-0.39, 0.29) is 5.91 Å². The first kappa shape index (κ1) is 17.7. The molecule has 3 aromatic rings. The van der Waals surface area contributed by atoms with E-state index in [9.17, 15) is 4.79 Å². The summed E-state index contributed by atoms with van der Waals surface area (Å²) in [5.74, 6) is 0.569. The Hall–Kier alpha value is -2.66. The zero-order valence-electron chi connectivity index (χ0n) is 15.0. The standard InChI is InChI=1S/C21H21ClN4O/c22-18-7-4-8-19(14-18)26-15-20(23-24-26)21(27)25-11-9-17(10-12-25)13-16-5-2-1-3-6-16/h1-8,14-15,17H,9-13H2. The third kappa shape index (κ3) is 4.19. The fraction of sp³-hybridized carbons (Fsp3) is 0.286. The van der Waals surface area contributed by atoms with Crippen LogP contribution in [0.4, 0.5) is 0 Å². The number of piperidine rings is 1. The molecule has 2 aromatic carbocycles. The van der Waals surface area contributed by atoms with Crippen molar-refractivity contribution in [3.63, 3.8) is 0 Å². The molecule has 0 aliphatic carbocycles. The molecule has 5 nitrogen and oxygen atoms in total. The van der Waals surface area contributed by atoms with Crippen LogP contribution in [0.2, 0.25) is 5.02 Å². The van der Waals surface area contributed by atoms with E-state index in [2.05, 4.69) is 34.6 Å². The van der Waals surface area contributed by atoms with Crippen LogP contribution in [0.25, 0.3) is 5.69 Å². The van der Waals surface area contributed by atoms with Gasteiger partial charge in [-0.3, -0.25) is 4.79 Å². The number of halogens is 1. The van der Waals surface area contributed by atoms with Gasteiger partial charge in [0.2, 0.25) is 0 Å². The topological polar surface area (TPSA) is 51.0 Å². The van der Waals surface area contributed by atoms with Crippen LogP contribution in [-0.2, 0) is 6.42 Å². The number of amides is 1. The van der Waals surface area contributed by atoms with Crippen molar-refractivity contribution in [3.05, 3.63) is 77.1 Å². The molecule has 0 radical (unpaired) electrons. The van der Waals surface area contributed by atoms with Crippen molar-refractivity contribution < 1.29 is 4.79 Å². The summed E-state index contributed by atoms with van der Waals surface area (Å²) in [6.45, 7) is 1.53. The van der Waals surface area contributed by atoms with Crippen LogP contribution in [0, 0.1) is 5.92 Å². The molecule has 2 heterocycles. The van der Waals surface area contributed by atoms with Crippen molar-refractivity contribution >= 4 is 17.5 Å². The SMILES string of the molecule is O=C(c1cn(-c2cccc(Cl)c2)nn1)N1CCC(Cc2ccccc2)CC1. The number of nitrogens with zero attached hydrogens (tertiary/aromatic N) is 4. The van der Waals surface area contributed by atoms with Gasteiger partial charge in [0, 0.05) is 18.1 Å². The van der Waals surface area contributed by atoms with Crippen LogP contribution in [0.15, 0.2) is 60.8 Å². The predicted octanol–water partition coefficient (Wildman–Crippen LogP) is 4.02. The van der Waals surface area contributed by atoms with Gasteiger partial charge in [-0.2, -0.15) is 0 Å². The molecule has 1 amide bonds. The number of hydrogen-bond donors (Lipinski definition) is 0. The molecule has 27 heavy (non-hydrogen) atoms. The highest BCUT2D eigenvalue weighted by Crippen LogP contribution is 2.23. The van der Waals surface area contributed by atoms with E-state index in [4.69, 9.17) is 11.6 Å². The lowest BCUT2D eigenvalue weighted by Gasteiger charge is -2.31. The first-order chi connectivity index (χ1) is 13.2. The van der Waals surface area contributed by atoms with E-state index in [0.717, 1.165) is 38.0 Å². The molecule has 0 spiro atoms. The Bertz CT molecular complexity index is 917. The first-order valence-corrected chi connectivity index (χ1v) is 9.58. The quantitative estimate of drug-likeness (QED) is 0.687. The third-order valence-electron chi connectivity index (χ3n) is 5.05. The van der Waals surface area contributed by atoms with Gasteiger partial charge in [-0.15, -0.1) is 5.10 Å². The fourth-order valence-corrected chi connectivity index (χ4v) is 3.74. The summed E-state index contributed by atoms with van der Waals surface area (Å²) in [5.41, 5.74) is 2.53. The number of rotatable bonds is 4. The molecule has 138 valence electrons. The maximum absolute atomic E-state index is 12.8. The van der Waals surface area contributed by atoms with Crippen LogP contribution in [-0.4, -0.2) is 38.9 Å². The average Bonchev–Trinajstić information content (AvgIpc) is 3.19. The minimum atomic E-state index is -0.0542. The summed E-state index contributed by atoms with van der Waals surface area (Å²) in [6.07, 6.45) is 4.78. The molecule has 0 saturated carbocycles. The monoisotopic (exact) mass is 380 g/mol. The molecule has 1 aliphatic rings. The van der Waals surface area contributed by atoms with Crippen molar-refractivity contribution in [3.8, 4) is 5.69 Å². The van der Waals surface area contributed by atoms with Gasteiger partial charge >= 0.3 is 0 Å². The number of benzene rings is 2. The van der Waals surface area contributed by atoms with Crippen LogP contribution < -0.4 is 0 Å². The van der Waals surface area contributed by atoms with Gasteiger partial charge in [0.1, 0.15) is 0 Å². The van der Waals surface area contributed by atoms with Crippen LogP contribution in [0.5, 0.6) is 0 Å². The van der Waals surface area contributed by atoms with Gasteiger partial charge < -0.3 is 4.90 Å². The van der Waals surface area contributed by atoms with Gasteiger partial charge in [-0.25, -0.2) is 4.68 Å². The van der Waals surface area contributed by atoms with Crippen molar-refractivity contribution in [2.45, 2.75) is 19.3 Å². The van der Waals surface area contributed by atoms with E-state index in [1.54, 1.807) is 23.0 Å². The maximum Gasteiger partial charge on any atom is 0.276 e. The Labute approximate surface area is 163 Å². The Morgan fingerprint density at radius 2 is 1.85 bits per heavy atom. The molecular weight excluding hydrogens is 360 g/mol. The molecule has 6 heteroatoms. The van der Waals surface area contributed by atoms with Gasteiger partial charge in [0.25, 0.3) is 5.91 Å². The fourth-order valence-electron chi connectivity index (χ4n) is 3.56. The first-order valence-electron chi connectivity index (χ1n) is 9.20. The van der Waals surface area contributed by atoms with Crippen LogP contribution in [0.1, 0.15) is 28.9 Å². The molecule has 1 aromatic heterocycles. The molecule has 1 saturated heterocycles. The van der Waals surface area contributed by atoms with E-state index in [1.807, 2.05) is 23.1 Å². The smallest absolute Gasteiger partial charge is 0.276 e. The van der Waals surface area contributed by atoms with Crippen LogP contribution in [0.3, 0.4) is 0 Å². The summed E-state index contributed by atoms with van der Waals surface area (Å²) in [5, 5.41) is 8.76. The lowest BCUT2D eigenvalue weighted by molar-refractivity contribution is 0.0684. The average molecular weight is 381 g/mol. The minimum absolute atomic E-state index is 0.0542. The highest BCUT2D eigenvalue weighted by atomic mass is 35.5. The Morgan fingerprint density at radius 3 is 2.59 bits per heavy atom. The third-order valence-corrected chi connectivity index (χ3v) is 5.29. The van der Waals surface area contributed by atoms with Crippen LogP contribution >= 0.6 is 11.6 Å². The highest BCUT2D eigenvalue weighted by molar-refractivity contribution is 6.30. The van der Waals surface area contributed by atoms with E-state index >= 15 is 0 Å². The Morgan fingerprint density at radius 1 is 1.07 bits per heavy atom. The zero-order chi connectivity index (χ0) is 18.6. The van der Waals surface area contributed by atoms with Gasteiger partial charge in [0.05, 0.1) is 11.9 Å². The van der Waals surface area contributed by atoms with Crippen molar-refractivity contribution in [2.24, 2.45) is 5.92 Å². The molecule has 1 fully saturated rings. The second kappa shape index (κ2) is 7.92. The van der Waals surface area contributed by atoms with E-state index < -0.39 is 0 Å². The minimum Gasteiger partial charge on any atom is -0.337 e. The maximum atomic E-state index is 12.8. The van der Waals surface area contributed by atoms with Crippen molar-refractivity contribution in [1.82, 2.24) is 19.9 Å². The lowest BCUT2D eigenvalue weighted by Crippen LogP contribution is -2.39. The van der Waals surface area contributed by atoms with Gasteiger partial charge in [-0.05, 0) is 48.9 Å². The second-order valence-corrected chi connectivity index (χ2v) is 7.39. The Kier molecular flexibility index (Phi) is 5.21. The van der Waals surface area contributed by atoms with Crippen molar-refractivity contribution in [1.29, 1.82) is 0 Å². The Balaban J connectivity index is 1.37. The molecule has 0 bridgehead atoms. The molecule has 1 aliphatic heterocycles. The normalized spacial score (nSPS) is 15.1. The number of aromatic nitrogens is 3. The highest BCUT2D eigenvalue weighted by Gasteiger charge is 2.25. The predicted molar refractivity (Wildman–Crippen MR) is 105 cm³/mol. The lowest BCUT2D eigenvalue weighted by atomic mass is 9.90. The molecule has 0 unspecified atom stereocenters. The van der Waals surface area contributed by atoms with Gasteiger partial charge in [0.15, 0.2) is 5.69 Å². The number of carbonyl (C=O) groups excluding carboxylic acids is 1. The van der Waals surface area contributed by atoms with E-state index in [1.165, 1.54) is 5.56 Å². The number of hydrogen-bond acceptors (Lipinski definition) is 3. The molecule has 0 atom stereocenters. The number of likely N-dealkylation sites (tertiary alicyclic amines) is 1. The van der Waals surface area contributed by atoms with E-state index in [0.29, 0.717) is 16.6 Å². The largest absolute Gasteiger partial charge is 0.337 e. The summed E-state index contributed by atoms with van der Waals surface area (Å²) in [6, 6.07) is 17.9. The summed E-state index contributed by atoms with van der Waals surface area (Å²) >= 11 is 6.02. The molecule has 0 N–H and O–H groups in total. The van der Waals surface area contributed by atoms with Gasteiger partial charge in [-0.1, -0.05) is 53.2 Å². The zero-order valence-corrected chi connectivity index (χ0v) is 15.7. The number of carbonyl (C=O) groups is 1. The summed E-state index contributed by atoms with van der Waals surface area (Å²) in [7, 11) is 0. The summed E-state index contributed by atoms with van der Waals surface area (Å²) in [4.78, 5) is 14.6. The second-order valence-electron chi connectivity index (χ2n) is 6.95.